The van der Waals surface area contributed by atoms with Gasteiger partial charge in [0.25, 0.3) is 0 Å². The molecule has 0 aliphatic rings. The summed E-state index contributed by atoms with van der Waals surface area (Å²) in [4.78, 5) is 67.1. The van der Waals surface area contributed by atoms with E-state index in [1.165, 1.54) is 0 Å². The van der Waals surface area contributed by atoms with Crippen molar-refractivity contribution in [3.8, 4) is 0 Å². The van der Waals surface area contributed by atoms with Gasteiger partial charge in [0.2, 0.25) is 23.6 Å². The number of nitrogens with one attached hydrogen (secondary N) is 4. The largest absolute Gasteiger partial charge is 0.394 e. The molecule has 13 N–H and O–H groups in total. The summed E-state index contributed by atoms with van der Waals surface area (Å²) in [5, 5.41) is 20.2. The molecule has 42 heavy (non-hydrogen) atoms. The summed E-state index contributed by atoms with van der Waals surface area (Å²) >= 11 is 0. The zero-order valence-electron chi connectivity index (χ0n) is 25.3. The predicted octanol–water partition coefficient (Wildman–Crippen LogP) is -2.14. The first-order valence-corrected chi connectivity index (χ1v) is 14.7. The number of aldehydes is 1. The predicted molar refractivity (Wildman–Crippen MR) is 161 cm³/mol. The highest BCUT2D eigenvalue weighted by Crippen LogP contribution is 2.07. The highest BCUT2D eigenvalue weighted by atomic mass is 16.3. The molecule has 0 rings (SSSR count). The second kappa shape index (κ2) is 22.3. The summed E-state index contributed by atoms with van der Waals surface area (Å²) < 4.78 is 0. The quantitative estimate of drug-likeness (QED) is 0.0266. The second-order valence-corrected chi connectivity index (χ2v) is 10.7. The lowest BCUT2D eigenvalue weighted by atomic mass is 10.0. The number of hydrogen-bond donors (Lipinski definition) is 9. The van der Waals surface area contributed by atoms with Gasteiger partial charge in [0.15, 0.2) is 5.96 Å². The van der Waals surface area contributed by atoms with Gasteiger partial charge in [0, 0.05) is 6.54 Å². The van der Waals surface area contributed by atoms with Crippen molar-refractivity contribution in [2.75, 3.05) is 19.7 Å². The maximum absolute atomic E-state index is 13.1. The summed E-state index contributed by atoms with van der Waals surface area (Å²) in [6.45, 7) is 5.69. The number of nitrogens with two attached hydrogens (primary N) is 4. The van der Waals surface area contributed by atoms with E-state index >= 15 is 0 Å². The summed E-state index contributed by atoms with van der Waals surface area (Å²) in [6, 6.07) is -5.05. The van der Waals surface area contributed by atoms with Crippen LogP contribution in [0.5, 0.6) is 0 Å². The number of rotatable bonds is 23. The Balaban J connectivity index is 5.48. The maximum atomic E-state index is 13.1. The fraction of sp³-hybridized carbons (Fsp3) is 0.778. The van der Waals surface area contributed by atoms with E-state index in [4.69, 9.17) is 22.9 Å². The monoisotopic (exact) mass is 599 g/mol. The highest BCUT2D eigenvalue weighted by Gasteiger charge is 2.30. The Morgan fingerprint density at radius 1 is 0.810 bits per heavy atom. The van der Waals surface area contributed by atoms with E-state index in [1.54, 1.807) is 0 Å². The van der Waals surface area contributed by atoms with Crippen LogP contribution in [-0.4, -0.2) is 90.9 Å². The number of guanidine groups is 1. The van der Waals surface area contributed by atoms with E-state index in [1.807, 2.05) is 20.8 Å². The molecule has 0 saturated heterocycles. The van der Waals surface area contributed by atoms with E-state index in [0.717, 1.165) is 6.42 Å². The van der Waals surface area contributed by atoms with Crippen molar-refractivity contribution < 1.29 is 29.1 Å². The summed E-state index contributed by atoms with van der Waals surface area (Å²) in [7, 11) is 0. The van der Waals surface area contributed by atoms with Gasteiger partial charge >= 0.3 is 0 Å². The molecule has 0 radical (unpaired) electrons. The van der Waals surface area contributed by atoms with Crippen LogP contribution in [0.2, 0.25) is 0 Å². The molecule has 0 fully saturated rings. The first-order chi connectivity index (χ1) is 19.9. The number of aliphatic imine (C=N–C) groups is 1. The lowest BCUT2D eigenvalue weighted by molar-refractivity contribution is -0.135. The molecular formula is C27H53N9O6. The average molecular weight is 600 g/mol. The molecule has 15 heteroatoms. The topological polar surface area (TPSA) is 270 Å². The Morgan fingerprint density at radius 3 is 1.88 bits per heavy atom. The van der Waals surface area contributed by atoms with Gasteiger partial charge in [0.1, 0.15) is 24.4 Å². The standard InChI is InChI=1S/C27H53N9O6/c1-4-5-10-20(34-23(39)19(29)14-17(2)3)25(41)36-22(16-38)26(42)35-21(11-6-7-12-28)24(40)33-18(15-37)9-8-13-32-27(30)31/h15,17-22,38H,4-14,16,28-29H2,1-3H3,(H,33,40)(H,34,39)(H,35,42)(H,36,41)(H4,30,31,32)/t18-,19-,20-,21-,22-/m0/s1. The normalized spacial score (nSPS) is 14.5. The molecule has 0 aromatic carbocycles. The van der Waals surface area contributed by atoms with Crippen LogP contribution in [0.25, 0.3) is 0 Å². The Morgan fingerprint density at radius 2 is 1.36 bits per heavy atom. The van der Waals surface area contributed by atoms with Crippen molar-refractivity contribution in [2.45, 2.75) is 109 Å². The fourth-order valence-electron chi connectivity index (χ4n) is 4.05. The van der Waals surface area contributed by atoms with Crippen molar-refractivity contribution >= 4 is 35.9 Å². The van der Waals surface area contributed by atoms with Gasteiger partial charge in [-0.1, -0.05) is 33.6 Å². The molecule has 15 nitrogen and oxygen atoms in total. The summed E-state index contributed by atoms with van der Waals surface area (Å²) in [6.07, 6.45) is 4.73. The molecule has 0 aliphatic carbocycles. The minimum atomic E-state index is -1.39. The van der Waals surface area contributed by atoms with Gasteiger partial charge in [0.05, 0.1) is 18.7 Å². The molecule has 0 aromatic rings. The van der Waals surface area contributed by atoms with Crippen molar-refractivity contribution in [1.29, 1.82) is 0 Å². The van der Waals surface area contributed by atoms with Crippen molar-refractivity contribution in [3.63, 3.8) is 0 Å². The number of carbonyl (C=O) groups is 5. The van der Waals surface area contributed by atoms with Crippen molar-refractivity contribution in [1.82, 2.24) is 21.3 Å². The van der Waals surface area contributed by atoms with Gasteiger partial charge in [-0.05, 0) is 57.4 Å². The molecule has 0 aliphatic heterocycles. The summed E-state index contributed by atoms with van der Waals surface area (Å²) in [5.41, 5.74) is 22.1. The van der Waals surface area contributed by atoms with E-state index in [2.05, 4.69) is 26.3 Å². The molecule has 0 bridgehead atoms. The molecule has 242 valence electrons. The number of aliphatic hydroxyl groups excluding tert-OH is 1. The van der Waals surface area contributed by atoms with Gasteiger partial charge < -0.3 is 54.1 Å². The molecule has 0 saturated carbocycles. The zero-order chi connectivity index (χ0) is 32.1. The minimum Gasteiger partial charge on any atom is -0.394 e. The number of aliphatic hydroxyl groups is 1. The van der Waals surface area contributed by atoms with Crippen LogP contribution in [0.15, 0.2) is 4.99 Å². The van der Waals surface area contributed by atoms with E-state index in [0.29, 0.717) is 51.4 Å². The van der Waals surface area contributed by atoms with Crippen LogP contribution >= 0.6 is 0 Å². The van der Waals surface area contributed by atoms with Gasteiger partial charge in [-0.15, -0.1) is 0 Å². The fourth-order valence-corrected chi connectivity index (χ4v) is 4.05. The third-order valence-corrected chi connectivity index (χ3v) is 6.40. The smallest absolute Gasteiger partial charge is 0.245 e. The van der Waals surface area contributed by atoms with Crippen LogP contribution in [0.3, 0.4) is 0 Å². The molecule has 0 unspecified atom stereocenters. The molecule has 0 aromatic heterocycles. The highest BCUT2D eigenvalue weighted by molar-refractivity contribution is 5.95. The van der Waals surface area contributed by atoms with Gasteiger partial charge in [-0.25, -0.2) is 0 Å². The number of hydrogen-bond acceptors (Lipinski definition) is 9. The number of nitrogens with zero attached hydrogens (tertiary/aromatic N) is 1. The van der Waals surface area contributed by atoms with Gasteiger partial charge in [-0.3, -0.25) is 24.2 Å². The molecule has 4 amide bonds. The zero-order valence-corrected chi connectivity index (χ0v) is 25.3. The van der Waals surface area contributed by atoms with Crippen molar-refractivity contribution in [3.05, 3.63) is 0 Å². The van der Waals surface area contributed by atoms with Crippen LogP contribution in [-0.2, 0) is 24.0 Å². The van der Waals surface area contributed by atoms with Crippen LogP contribution in [0, 0.1) is 5.92 Å². The van der Waals surface area contributed by atoms with E-state index in [9.17, 15) is 29.1 Å². The SMILES string of the molecule is CCCC[C@H](NC(=O)[C@@H](N)CC(C)C)C(=O)N[C@@H](CO)C(=O)N[C@@H](CCCCN)C(=O)N[C@H](C=O)CCCN=C(N)N. The average Bonchev–Trinajstić information content (AvgIpc) is 2.93. The Hall–Kier alpha value is -3.30. The Labute approximate surface area is 248 Å². The minimum absolute atomic E-state index is 0.0799. The molecular weight excluding hydrogens is 546 g/mol. The number of amides is 4. The summed E-state index contributed by atoms with van der Waals surface area (Å²) in [5.74, 6) is -2.44. The van der Waals surface area contributed by atoms with E-state index < -0.39 is 60.4 Å². The Kier molecular flexibility index (Phi) is 20.6. The van der Waals surface area contributed by atoms with E-state index in [-0.39, 0.29) is 31.3 Å². The van der Waals surface area contributed by atoms with Crippen LogP contribution in [0.4, 0.5) is 0 Å². The third-order valence-electron chi connectivity index (χ3n) is 6.40. The second-order valence-electron chi connectivity index (χ2n) is 10.7. The lowest BCUT2D eigenvalue weighted by Crippen LogP contribution is -2.59. The van der Waals surface area contributed by atoms with Crippen LogP contribution in [0.1, 0.15) is 78.6 Å². The Bertz CT molecular complexity index is 867. The van der Waals surface area contributed by atoms with Crippen molar-refractivity contribution in [2.24, 2.45) is 33.8 Å². The lowest BCUT2D eigenvalue weighted by Gasteiger charge is -2.26. The first kappa shape index (κ1) is 38.7. The van der Waals surface area contributed by atoms with Gasteiger partial charge in [-0.2, -0.15) is 0 Å². The molecule has 5 atom stereocenters. The van der Waals surface area contributed by atoms with Crippen LogP contribution < -0.4 is 44.2 Å². The molecule has 0 heterocycles. The first-order valence-electron chi connectivity index (χ1n) is 14.7. The maximum Gasteiger partial charge on any atom is 0.245 e. The number of unbranched alkanes of at least 4 members (excludes halogenated alkanes) is 2. The molecule has 0 spiro atoms. The number of carbonyl (C=O) groups excluding carboxylic acids is 5. The third kappa shape index (κ3) is 16.8.